The van der Waals surface area contributed by atoms with Crippen LogP contribution < -0.4 is 10.6 Å². The van der Waals surface area contributed by atoms with Crippen LogP contribution in [0.2, 0.25) is 0 Å². The molecule has 0 spiro atoms. The van der Waals surface area contributed by atoms with E-state index < -0.39 is 5.60 Å². The Morgan fingerprint density at radius 2 is 1.41 bits per heavy atom. The van der Waals surface area contributed by atoms with Crippen molar-refractivity contribution in [3.8, 4) is 0 Å². The Hall–Kier alpha value is -3.06. The highest BCUT2D eigenvalue weighted by molar-refractivity contribution is 5.75. The summed E-state index contributed by atoms with van der Waals surface area (Å²) in [7, 11) is 0. The molecule has 2 aromatic carbocycles. The van der Waals surface area contributed by atoms with Crippen molar-refractivity contribution in [3.05, 3.63) is 71.8 Å². The number of carbonyl (C=O) groups excluding carboxylic acids is 2. The molecule has 1 saturated heterocycles. The molecular formula is C30H42N4O3. The number of hydrogen-bond acceptors (Lipinski definition) is 4. The topological polar surface area (TPSA) is 73.9 Å². The maximum Gasteiger partial charge on any atom is 0.410 e. The van der Waals surface area contributed by atoms with Crippen molar-refractivity contribution in [1.29, 1.82) is 0 Å². The van der Waals surface area contributed by atoms with Gasteiger partial charge in [0.2, 0.25) is 0 Å². The van der Waals surface area contributed by atoms with E-state index in [0.29, 0.717) is 26.2 Å². The number of rotatable bonds is 6. The van der Waals surface area contributed by atoms with E-state index in [1.54, 1.807) is 4.90 Å². The molecule has 2 aliphatic rings. The molecule has 0 aromatic heterocycles. The highest BCUT2D eigenvalue weighted by atomic mass is 16.6. The van der Waals surface area contributed by atoms with Crippen LogP contribution in [0.15, 0.2) is 60.7 Å². The molecule has 1 heterocycles. The smallest absolute Gasteiger partial charge is 0.410 e. The first-order valence-electron chi connectivity index (χ1n) is 13.7. The maximum atomic E-state index is 13.3. The molecule has 4 rings (SSSR count). The number of amides is 3. The second-order valence-electron chi connectivity index (χ2n) is 11.2. The van der Waals surface area contributed by atoms with Gasteiger partial charge in [-0.1, -0.05) is 79.9 Å². The Kier molecular flexibility index (Phi) is 9.09. The van der Waals surface area contributed by atoms with Crippen molar-refractivity contribution in [2.45, 2.75) is 76.6 Å². The zero-order chi connectivity index (χ0) is 26.3. The van der Waals surface area contributed by atoms with Crippen molar-refractivity contribution in [1.82, 2.24) is 20.4 Å². The van der Waals surface area contributed by atoms with Crippen molar-refractivity contribution in [3.63, 3.8) is 0 Å². The summed E-state index contributed by atoms with van der Waals surface area (Å²) in [5.41, 5.74) is 1.68. The van der Waals surface area contributed by atoms with Gasteiger partial charge in [-0.15, -0.1) is 0 Å². The Balaban J connectivity index is 1.56. The lowest BCUT2D eigenvalue weighted by Crippen LogP contribution is -2.53. The van der Waals surface area contributed by atoms with E-state index in [-0.39, 0.29) is 30.2 Å². The van der Waals surface area contributed by atoms with Crippen LogP contribution in [0.4, 0.5) is 9.59 Å². The predicted octanol–water partition coefficient (Wildman–Crippen LogP) is 5.65. The summed E-state index contributed by atoms with van der Waals surface area (Å²) in [5.74, 6) is 0. The van der Waals surface area contributed by atoms with Crippen molar-refractivity contribution in [2.75, 3.05) is 26.2 Å². The third-order valence-corrected chi connectivity index (χ3v) is 7.20. The fourth-order valence-electron chi connectivity index (χ4n) is 5.39. The summed E-state index contributed by atoms with van der Waals surface area (Å²) in [6, 6.07) is 20.3. The van der Waals surface area contributed by atoms with Gasteiger partial charge >= 0.3 is 12.1 Å². The zero-order valence-corrected chi connectivity index (χ0v) is 22.5. The minimum atomic E-state index is -0.519. The molecule has 1 aliphatic carbocycles. The van der Waals surface area contributed by atoms with E-state index in [2.05, 4.69) is 39.8 Å². The SMILES string of the molecule is CC(C)(C)OC(=O)N1CCN(C(c2ccccc2)[C@@H](NC(=O)NC2CCCCC2)c2ccccc2)CC1. The average molecular weight is 507 g/mol. The van der Waals surface area contributed by atoms with Crippen LogP contribution in [0.5, 0.6) is 0 Å². The minimum Gasteiger partial charge on any atom is -0.444 e. The molecule has 3 amide bonds. The van der Waals surface area contributed by atoms with Gasteiger partial charge in [-0.3, -0.25) is 4.90 Å². The van der Waals surface area contributed by atoms with Gasteiger partial charge in [0.25, 0.3) is 0 Å². The van der Waals surface area contributed by atoms with Crippen molar-refractivity contribution in [2.24, 2.45) is 0 Å². The van der Waals surface area contributed by atoms with E-state index in [9.17, 15) is 9.59 Å². The number of urea groups is 1. The van der Waals surface area contributed by atoms with Crippen LogP contribution in [0, 0.1) is 0 Å². The minimum absolute atomic E-state index is 0.0820. The maximum absolute atomic E-state index is 13.3. The van der Waals surface area contributed by atoms with Gasteiger partial charge < -0.3 is 20.3 Å². The molecule has 0 bridgehead atoms. The first-order valence-corrected chi connectivity index (χ1v) is 13.7. The van der Waals surface area contributed by atoms with Gasteiger partial charge in [0, 0.05) is 32.2 Å². The molecule has 200 valence electrons. The molecule has 1 saturated carbocycles. The van der Waals surface area contributed by atoms with Crippen molar-refractivity contribution < 1.29 is 14.3 Å². The molecule has 1 unspecified atom stereocenters. The third kappa shape index (κ3) is 7.71. The van der Waals surface area contributed by atoms with Gasteiger partial charge in [0.15, 0.2) is 0 Å². The normalized spacial score (nSPS) is 19.1. The molecule has 7 nitrogen and oxygen atoms in total. The quantitative estimate of drug-likeness (QED) is 0.531. The van der Waals surface area contributed by atoms with Gasteiger partial charge in [-0.25, -0.2) is 9.59 Å². The summed E-state index contributed by atoms with van der Waals surface area (Å²) in [6.07, 6.45) is 5.39. The number of piperazine rings is 1. The molecule has 37 heavy (non-hydrogen) atoms. The van der Waals surface area contributed by atoms with Crippen LogP contribution in [0.3, 0.4) is 0 Å². The van der Waals surface area contributed by atoms with Gasteiger partial charge in [-0.2, -0.15) is 0 Å². The number of carbonyl (C=O) groups is 2. The fourth-order valence-corrected chi connectivity index (χ4v) is 5.39. The fraction of sp³-hybridized carbons (Fsp3) is 0.533. The second kappa shape index (κ2) is 12.5. The third-order valence-electron chi connectivity index (χ3n) is 7.20. The number of benzene rings is 2. The Morgan fingerprint density at radius 1 is 0.838 bits per heavy atom. The molecule has 0 radical (unpaired) electrons. The summed E-state index contributed by atoms with van der Waals surface area (Å²) < 4.78 is 5.60. The lowest BCUT2D eigenvalue weighted by molar-refractivity contribution is 0.00813. The summed E-state index contributed by atoms with van der Waals surface area (Å²) in [5, 5.41) is 6.58. The summed E-state index contributed by atoms with van der Waals surface area (Å²) >= 11 is 0. The van der Waals surface area contributed by atoms with Gasteiger partial charge in [0.1, 0.15) is 5.60 Å². The highest BCUT2D eigenvalue weighted by Gasteiger charge is 2.35. The first-order chi connectivity index (χ1) is 17.8. The van der Waals surface area contributed by atoms with Crippen LogP contribution in [-0.4, -0.2) is 59.7 Å². The van der Waals surface area contributed by atoms with Gasteiger partial charge in [0.05, 0.1) is 12.1 Å². The molecule has 7 heteroatoms. The molecule has 2 aromatic rings. The van der Waals surface area contributed by atoms with Crippen LogP contribution in [0.1, 0.15) is 76.1 Å². The van der Waals surface area contributed by atoms with E-state index in [1.807, 2.05) is 57.2 Å². The van der Waals surface area contributed by atoms with Crippen LogP contribution in [-0.2, 0) is 4.74 Å². The van der Waals surface area contributed by atoms with Crippen LogP contribution in [0.25, 0.3) is 0 Å². The molecular weight excluding hydrogens is 464 g/mol. The Morgan fingerprint density at radius 3 is 1.97 bits per heavy atom. The number of nitrogens with zero attached hydrogens (tertiary/aromatic N) is 2. The monoisotopic (exact) mass is 506 g/mol. The van der Waals surface area contributed by atoms with Crippen molar-refractivity contribution >= 4 is 12.1 Å². The van der Waals surface area contributed by atoms with E-state index >= 15 is 0 Å². The standard InChI is InChI=1S/C30H42N4O3/c1-30(2,3)37-29(36)34-21-19-33(20-22-34)27(24-15-9-5-10-16-24)26(23-13-7-4-8-14-23)32-28(35)31-25-17-11-6-12-18-25/h4-5,7-10,13-16,25-27H,6,11-12,17-22H2,1-3H3,(H2,31,32,35)/t26-,27?/m0/s1. The number of nitrogens with one attached hydrogen (secondary N) is 2. The lowest BCUT2D eigenvalue weighted by Gasteiger charge is -2.43. The predicted molar refractivity (Wildman–Crippen MR) is 146 cm³/mol. The number of ether oxygens (including phenoxy) is 1. The van der Waals surface area contributed by atoms with E-state index in [1.165, 1.54) is 19.3 Å². The second-order valence-corrected chi connectivity index (χ2v) is 11.2. The van der Waals surface area contributed by atoms with Gasteiger partial charge in [-0.05, 0) is 44.7 Å². The lowest BCUT2D eigenvalue weighted by atomic mass is 9.91. The Labute approximate surface area is 221 Å². The average Bonchev–Trinajstić information content (AvgIpc) is 2.89. The van der Waals surface area contributed by atoms with E-state index in [4.69, 9.17) is 4.74 Å². The summed E-state index contributed by atoms with van der Waals surface area (Å²) in [6.45, 7) is 8.20. The van der Waals surface area contributed by atoms with Crippen LogP contribution >= 0.6 is 0 Å². The Bertz CT molecular complexity index is 994. The molecule has 2 N–H and O–H groups in total. The largest absolute Gasteiger partial charge is 0.444 e. The summed E-state index contributed by atoms with van der Waals surface area (Å²) in [4.78, 5) is 30.1. The molecule has 2 fully saturated rings. The highest BCUT2D eigenvalue weighted by Crippen LogP contribution is 2.35. The molecule has 2 atom stereocenters. The molecule has 1 aliphatic heterocycles. The number of hydrogen-bond donors (Lipinski definition) is 2. The zero-order valence-electron chi connectivity index (χ0n) is 22.5. The first kappa shape index (κ1) is 27.0. The van der Waals surface area contributed by atoms with E-state index in [0.717, 1.165) is 24.0 Å².